The summed E-state index contributed by atoms with van der Waals surface area (Å²) in [5.41, 5.74) is 4.21. The van der Waals surface area contributed by atoms with Gasteiger partial charge in [-0.05, 0) is 31.2 Å². The van der Waals surface area contributed by atoms with E-state index in [2.05, 4.69) is 26.4 Å². The Hall–Kier alpha value is -2.56. The van der Waals surface area contributed by atoms with Gasteiger partial charge in [-0.25, -0.2) is 9.67 Å². The fourth-order valence-electron chi connectivity index (χ4n) is 1.93. The molecule has 0 amide bonds. The number of hydrogen-bond acceptors (Lipinski definition) is 3. The minimum atomic E-state index is 0.706. The van der Waals surface area contributed by atoms with Gasteiger partial charge in [0.15, 0.2) is 0 Å². The molecule has 3 rings (SSSR count). The normalized spacial score (nSPS) is 10.6. The second kappa shape index (κ2) is 4.97. The van der Waals surface area contributed by atoms with Crippen LogP contribution in [0.3, 0.4) is 0 Å². The van der Waals surface area contributed by atoms with Crippen LogP contribution >= 0.6 is 0 Å². The monoisotopic (exact) mass is 253 g/mol. The zero-order chi connectivity index (χ0) is 13.1. The molecule has 19 heavy (non-hydrogen) atoms. The average Bonchev–Trinajstić information content (AvgIpc) is 3.08. The number of anilines is 1. The first kappa shape index (κ1) is 11.5. The van der Waals surface area contributed by atoms with Crippen molar-refractivity contribution >= 4 is 5.69 Å². The van der Waals surface area contributed by atoms with Crippen LogP contribution in [0.5, 0.6) is 0 Å². The smallest absolute Gasteiger partial charge is 0.0925 e. The van der Waals surface area contributed by atoms with Crippen molar-refractivity contribution in [2.75, 3.05) is 5.32 Å². The summed E-state index contributed by atoms with van der Waals surface area (Å²) in [4.78, 5) is 7.34. The molecule has 96 valence electrons. The van der Waals surface area contributed by atoms with Crippen molar-refractivity contribution in [2.24, 2.45) is 0 Å². The van der Waals surface area contributed by atoms with Crippen LogP contribution in [0.2, 0.25) is 0 Å². The van der Waals surface area contributed by atoms with Gasteiger partial charge in [0.25, 0.3) is 0 Å². The maximum Gasteiger partial charge on any atom is 0.0925 e. The maximum absolute atomic E-state index is 4.27. The first-order chi connectivity index (χ1) is 9.33. The number of imidazole rings is 1. The molecule has 0 radical (unpaired) electrons. The molecule has 2 aromatic heterocycles. The number of hydrogen-bond donors (Lipinski definition) is 2. The molecular weight excluding hydrogens is 238 g/mol. The SMILES string of the molecule is Cc1[nH]cnc1CNc1cccc(-n2cccn2)c1. The molecule has 5 nitrogen and oxygen atoms in total. The van der Waals surface area contributed by atoms with E-state index in [1.807, 2.05) is 42.1 Å². The maximum atomic E-state index is 4.27. The topological polar surface area (TPSA) is 58.5 Å². The fourth-order valence-corrected chi connectivity index (χ4v) is 1.93. The number of rotatable bonds is 4. The van der Waals surface area contributed by atoms with Gasteiger partial charge >= 0.3 is 0 Å². The van der Waals surface area contributed by atoms with Crippen LogP contribution in [-0.2, 0) is 6.54 Å². The summed E-state index contributed by atoms with van der Waals surface area (Å²) in [6.45, 7) is 2.72. The third-order valence-corrected chi connectivity index (χ3v) is 3.01. The average molecular weight is 253 g/mol. The van der Waals surface area contributed by atoms with Crippen LogP contribution in [0.4, 0.5) is 5.69 Å². The lowest BCUT2D eigenvalue weighted by Gasteiger charge is -2.08. The van der Waals surface area contributed by atoms with Gasteiger partial charge in [-0.2, -0.15) is 5.10 Å². The molecule has 0 unspecified atom stereocenters. The quantitative estimate of drug-likeness (QED) is 0.751. The highest BCUT2D eigenvalue weighted by Crippen LogP contribution is 2.15. The van der Waals surface area contributed by atoms with E-state index in [1.165, 1.54) is 0 Å². The van der Waals surface area contributed by atoms with Crippen LogP contribution in [0.15, 0.2) is 49.1 Å². The van der Waals surface area contributed by atoms with E-state index in [1.54, 1.807) is 12.5 Å². The lowest BCUT2D eigenvalue weighted by atomic mass is 10.2. The number of benzene rings is 1. The van der Waals surface area contributed by atoms with Gasteiger partial charge in [0.2, 0.25) is 0 Å². The number of aromatic amines is 1. The summed E-state index contributed by atoms with van der Waals surface area (Å²) in [6.07, 6.45) is 5.41. The Kier molecular flexibility index (Phi) is 3.02. The van der Waals surface area contributed by atoms with Crippen LogP contribution in [0, 0.1) is 6.92 Å². The van der Waals surface area contributed by atoms with Crippen molar-refractivity contribution in [3.05, 3.63) is 60.4 Å². The predicted octanol–water partition coefficient (Wildman–Crippen LogP) is 2.52. The van der Waals surface area contributed by atoms with E-state index < -0.39 is 0 Å². The highest BCUT2D eigenvalue weighted by Gasteiger charge is 2.02. The molecule has 0 bridgehead atoms. The molecule has 0 spiro atoms. The molecule has 2 heterocycles. The minimum absolute atomic E-state index is 0.706. The number of nitrogens with one attached hydrogen (secondary N) is 2. The molecule has 0 atom stereocenters. The van der Waals surface area contributed by atoms with Crippen LogP contribution in [0.1, 0.15) is 11.4 Å². The molecule has 0 saturated heterocycles. The molecule has 1 aromatic carbocycles. The third kappa shape index (κ3) is 2.49. The van der Waals surface area contributed by atoms with Gasteiger partial charge in [-0.3, -0.25) is 0 Å². The Morgan fingerprint density at radius 1 is 1.32 bits per heavy atom. The number of H-pyrrole nitrogens is 1. The molecular formula is C14H15N5. The van der Waals surface area contributed by atoms with Crippen LogP contribution in [0.25, 0.3) is 5.69 Å². The highest BCUT2D eigenvalue weighted by atomic mass is 15.3. The molecule has 5 heteroatoms. The van der Waals surface area contributed by atoms with E-state index >= 15 is 0 Å². The van der Waals surface area contributed by atoms with E-state index in [0.29, 0.717) is 6.54 Å². The highest BCUT2D eigenvalue weighted by molar-refractivity contribution is 5.51. The van der Waals surface area contributed by atoms with E-state index in [0.717, 1.165) is 22.8 Å². The first-order valence-corrected chi connectivity index (χ1v) is 6.16. The zero-order valence-corrected chi connectivity index (χ0v) is 10.7. The molecule has 0 aliphatic carbocycles. The Labute approximate surface area is 111 Å². The van der Waals surface area contributed by atoms with Gasteiger partial charge in [0.1, 0.15) is 0 Å². The predicted molar refractivity (Wildman–Crippen MR) is 74.2 cm³/mol. The van der Waals surface area contributed by atoms with Crippen LogP contribution in [-0.4, -0.2) is 19.7 Å². The van der Waals surface area contributed by atoms with E-state index in [-0.39, 0.29) is 0 Å². The Morgan fingerprint density at radius 2 is 2.26 bits per heavy atom. The van der Waals surface area contributed by atoms with Crippen molar-refractivity contribution < 1.29 is 0 Å². The Morgan fingerprint density at radius 3 is 3.00 bits per heavy atom. The second-order valence-electron chi connectivity index (χ2n) is 4.33. The van der Waals surface area contributed by atoms with Crippen molar-refractivity contribution in [3.63, 3.8) is 0 Å². The standard InChI is InChI=1S/C14H15N5/c1-11-14(17-10-16-11)9-15-12-4-2-5-13(8-12)19-7-3-6-18-19/h2-8,10,15H,9H2,1H3,(H,16,17). The first-order valence-electron chi connectivity index (χ1n) is 6.16. The number of nitrogens with zero attached hydrogens (tertiary/aromatic N) is 3. The fraction of sp³-hybridized carbons (Fsp3) is 0.143. The molecule has 2 N–H and O–H groups in total. The minimum Gasteiger partial charge on any atom is -0.379 e. The molecule has 0 aliphatic heterocycles. The summed E-state index contributed by atoms with van der Waals surface area (Å²) in [7, 11) is 0. The Balaban J connectivity index is 1.75. The summed E-state index contributed by atoms with van der Waals surface area (Å²) >= 11 is 0. The largest absolute Gasteiger partial charge is 0.379 e. The van der Waals surface area contributed by atoms with E-state index in [9.17, 15) is 0 Å². The van der Waals surface area contributed by atoms with Crippen molar-refractivity contribution in [1.82, 2.24) is 19.7 Å². The van der Waals surface area contributed by atoms with Crippen LogP contribution < -0.4 is 5.32 Å². The number of aryl methyl sites for hydroxylation is 1. The molecule has 3 aromatic rings. The molecule has 0 fully saturated rings. The summed E-state index contributed by atoms with van der Waals surface area (Å²) in [5.74, 6) is 0. The third-order valence-electron chi connectivity index (χ3n) is 3.01. The van der Waals surface area contributed by atoms with Gasteiger partial charge in [-0.1, -0.05) is 6.07 Å². The van der Waals surface area contributed by atoms with Gasteiger partial charge in [-0.15, -0.1) is 0 Å². The van der Waals surface area contributed by atoms with Crippen molar-refractivity contribution in [2.45, 2.75) is 13.5 Å². The summed E-state index contributed by atoms with van der Waals surface area (Å²) in [5, 5.41) is 7.59. The lowest BCUT2D eigenvalue weighted by Crippen LogP contribution is -2.02. The molecule has 0 saturated carbocycles. The number of aromatic nitrogens is 4. The zero-order valence-electron chi connectivity index (χ0n) is 10.7. The Bertz CT molecular complexity index is 654. The van der Waals surface area contributed by atoms with Gasteiger partial charge < -0.3 is 10.3 Å². The molecule has 0 aliphatic rings. The van der Waals surface area contributed by atoms with Crippen molar-refractivity contribution in [1.29, 1.82) is 0 Å². The van der Waals surface area contributed by atoms with Crippen molar-refractivity contribution in [3.8, 4) is 5.69 Å². The summed E-state index contributed by atoms with van der Waals surface area (Å²) in [6, 6.07) is 10.0. The van der Waals surface area contributed by atoms with E-state index in [4.69, 9.17) is 0 Å². The second-order valence-corrected chi connectivity index (χ2v) is 4.33. The lowest BCUT2D eigenvalue weighted by molar-refractivity contribution is 0.880. The summed E-state index contributed by atoms with van der Waals surface area (Å²) < 4.78 is 1.84. The van der Waals surface area contributed by atoms with Gasteiger partial charge in [0, 0.05) is 23.8 Å². The van der Waals surface area contributed by atoms with Gasteiger partial charge in [0.05, 0.1) is 24.3 Å².